The van der Waals surface area contributed by atoms with Crippen molar-refractivity contribution < 1.29 is 4.74 Å². The van der Waals surface area contributed by atoms with E-state index in [2.05, 4.69) is 35.4 Å². The first-order valence-corrected chi connectivity index (χ1v) is 8.05. The van der Waals surface area contributed by atoms with Gasteiger partial charge >= 0.3 is 0 Å². The molecule has 4 heteroatoms. The second-order valence-corrected chi connectivity index (χ2v) is 5.65. The molecule has 0 spiro atoms. The van der Waals surface area contributed by atoms with Crippen LogP contribution >= 0.6 is 11.3 Å². The number of benzene rings is 1. The Morgan fingerprint density at radius 1 is 1.35 bits per heavy atom. The minimum atomic E-state index is 0.316. The summed E-state index contributed by atoms with van der Waals surface area (Å²) in [5.74, 6) is 0.942. The van der Waals surface area contributed by atoms with Crippen LogP contribution in [0.25, 0.3) is 0 Å². The molecule has 0 aliphatic rings. The summed E-state index contributed by atoms with van der Waals surface area (Å²) in [7, 11) is 0. The molecule has 1 aromatic heterocycles. The van der Waals surface area contributed by atoms with Gasteiger partial charge in [-0.05, 0) is 37.6 Å². The Kier molecular flexibility index (Phi) is 6.02. The lowest BCUT2D eigenvalue weighted by atomic mass is 10.0. The van der Waals surface area contributed by atoms with E-state index in [-0.39, 0.29) is 0 Å². The molecule has 20 heavy (non-hydrogen) atoms. The van der Waals surface area contributed by atoms with E-state index < -0.39 is 0 Å². The molecule has 1 atom stereocenters. The molecule has 0 fully saturated rings. The molecule has 1 heterocycles. The first-order chi connectivity index (χ1) is 9.83. The third-order valence-corrected chi connectivity index (χ3v) is 3.90. The highest BCUT2D eigenvalue weighted by atomic mass is 32.1. The van der Waals surface area contributed by atoms with Crippen LogP contribution < -0.4 is 10.1 Å². The Morgan fingerprint density at radius 3 is 2.95 bits per heavy atom. The van der Waals surface area contributed by atoms with E-state index in [1.54, 1.807) is 11.3 Å². The highest BCUT2D eigenvalue weighted by Crippen LogP contribution is 2.24. The van der Waals surface area contributed by atoms with Crippen LogP contribution in [0.2, 0.25) is 0 Å². The van der Waals surface area contributed by atoms with E-state index in [0.717, 1.165) is 25.1 Å². The largest absolute Gasteiger partial charge is 0.494 e. The van der Waals surface area contributed by atoms with E-state index in [1.165, 1.54) is 10.4 Å². The smallest absolute Gasteiger partial charge is 0.119 e. The average Bonchev–Trinajstić information content (AvgIpc) is 2.97. The molecule has 108 valence electrons. The second kappa shape index (κ2) is 8.02. The Morgan fingerprint density at radius 2 is 2.25 bits per heavy atom. The van der Waals surface area contributed by atoms with Crippen molar-refractivity contribution in [2.45, 2.75) is 32.7 Å². The van der Waals surface area contributed by atoms with Gasteiger partial charge in [-0.2, -0.15) is 0 Å². The summed E-state index contributed by atoms with van der Waals surface area (Å²) in [4.78, 5) is 5.47. The van der Waals surface area contributed by atoms with Crippen molar-refractivity contribution in [3.63, 3.8) is 0 Å². The summed E-state index contributed by atoms with van der Waals surface area (Å²) in [5.41, 5.74) is 3.17. The van der Waals surface area contributed by atoms with Crippen molar-refractivity contribution in [1.29, 1.82) is 0 Å². The quantitative estimate of drug-likeness (QED) is 0.802. The van der Waals surface area contributed by atoms with E-state index in [0.29, 0.717) is 12.6 Å². The van der Waals surface area contributed by atoms with Crippen LogP contribution in [0, 0.1) is 0 Å². The number of hydrogen-bond donors (Lipinski definition) is 1. The predicted octanol–water partition coefficient (Wildman–Crippen LogP) is 3.83. The average molecular weight is 290 g/mol. The van der Waals surface area contributed by atoms with Crippen molar-refractivity contribution in [2.24, 2.45) is 0 Å². The number of aromatic nitrogens is 1. The lowest BCUT2D eigenvalue weighted by molar-refractivity contribution is 0.339. The lowest BCUT2D eigenvalue weighted by Crippen LogP contribution is -2.23. The minimum Gasteiger partial charge on any atom is -0.494 e. The summed E-state index contributed by atoms with van der Waals surface area (Å²) < 4.78 is 5.60. The zero-order chi connectivity index (χ0) is 14.2. The van der Waals surface area contributed by atoms with Gasteiger partial charge in [-0.1, -0.05) is 19.1 Å². The number of hydrogen-bond acceptors (Lipinski definition) is 4. The molecule has 2 rings (SSSR count). The summed E-state index contributed by atoms with van der Waals surface area (Å²) >= 11 is 1.71. The lowest BCUT2D eigenvalue weighted by Gasteiger charge is -2.19. The third kappa shape index (κ3) is 4.32. The molecule has 1 N–H and O–H groups in total. The molecule has 0 amide bonds. The molecule has 0 saturated heterocycles. The van der Waals surface area contributed by atoms with Crippen molar-refractivity contribution in [3.05, 3.63) is 46.4 Å². The molecule has 0 bridgehead atoms. The molecular formula is C16H22N2OS. The summed E-state index contributed by atoms with van der Waals surface area (Å²) in [6.07, 6.45) is 4.06. The van der Waals surface area contributed by atoms with Gasteiger partial charge in [0.1, 0.15) is 5.75 Å². The molecule has 1 aromatic carbocycles. The van der Waals surface area contributed by atoms with Gasteiger partial charge in [0, 0.05) is 23.5 Å². The Labute approximate surface area is 125 Å². The predicted molar refractivity (Wildman–Crippen MR) is 84.5 cm³/mol. The number of rotatable bonds is 8. The van der Waals surface area contributed by atoms with Crippen LogP contribution in [0.3, 0.4) is 0 Å². The third-order valence-electron chi connectivity index (χ3n) is 3.10. The first kappa shape index (κ1) is 15.0. The molecule has 3 nitrogen and oxygen atoms in total. The minimum absolute atomic E-state index is 0.316. The maximum absolute atomic E-state index is 5.60. The van der Waals surface area contributed by atoms with Gasteiger partial charge in [-0.25, -0.2) is 0 Å². The molecule has 0 aliphatic heterocycles. The standard InChI is InChI=1S/C16H22N2OS/c1-3-8-18-16(10-15-11-17-12-20-15)13-6-5-7-14(9-13)19-4-2/h5-7,9,11-12,16,18H,3-4,8,10H2,1-2H3. The number of nitrogens with zero attached hydrogens (tertiary/aromatic N) is 1. The Bertz CT molecular complexity index is 499. The van der Waals surface area contributed by atoms with Crippen molar-refractivity contribution in [1.82, 2.24) is 10.3 Å². The zero-order valence-corrected chi connectivity index (χ0v) is 13.0. The Balaban J connectivity index is 2.14. The van der Waals surface area contributed by atoms with Crippen molar-refractivity contribution in [2.75, 3.05) is 13.2 Å². The topological polar surface area (TPSA) is 34.2 Å². The highest BCUT2D eigenvalue weighted by molar-refractivity contribution is 7.09. The van der Waals surface area contributed by atoms with Gasteiger partial charge < -0.3 is 10.1 Å². The molecule has 0 saturated carbocycles. The van der Waals surface area contributed by atoms with Crippen molar-refractivity contribution in [3.8, 4) is 5.75 Å². The fourth-order valence-corrected chi connectivity index (χ4v) is 2.80. The van der Waals surface area contributed by atoms with Crippen LogP contribution in [0.15, 0.2) is 36.0 Å². The molecule has 0 radical (unpaired) electrons. The molecular weight excluding hydrogens is 268 g/mol. The monoisotopic (exact) mass is 290 g/mol. The summed E-state index contributed by atoms with van der Waals surface area (Å²) in [5, 5.41) is 3.62. The summed E-state index contributed by atoms with van der Waals surface area (Å²) in [6.45, 7) is 5.91. The van der Waals surface area contributed by atoms with Gasteiger partial charge in [0.15, 0.2) is 0 Å². The number of nitrogens with one attached hydrogen (secondary N) is 1. The van der Waals surface area contributed by atoms with E-state index in [9.17, 15) is 0 Å². The SMILES string of the molecule is CCCNC(Cc1cncs1)c1cccc(OCC)c1. The normalized spacial score (nSPS) is 12.3. The van der Waals surface area contributed by atoms with E-state index in [1.807, 2.05) is 24.7 Å². The van der Waals surface area contributed by atoms with E-state index >= 15 is 0 Å². The fraction of sp³-hybridized carbons (Fsp3) is 0.438. The molecule has 0 aliphatic carbocycles. The van der Waals surface area contributed by atoms with Gasteiger partial charge in [-0.3, -0.25) is 4.98 Å². The van der Waals surface area contributed by atoms with Crippen LogP contribution in [0.5, 0.6) is 5.75 Å². The number of thiazole rings is 1. The van der Waals surface area contributed by atoms with Crippen LogP contribution in [0.1, 0.15) is 36.8 Å². The van der Waals surface area contributed by atoms with Crippen LogP contribution in [-0.2, 0) is 6.42 Å². The van der Waals surface area contributed by atoms with Crippen LogP contribution in [0.4, 0.5) is 0 Å². The second-order valence-electron chi connectivity index (χ2n) is 4.68. The van der Waals surface area contributed by atoms with Gasteiger partial charge in [0.25, 0.3) is 0 Å². The molecule has 2 aromatic rings. The van der Waals surface area contributed by atoms with Gasteiger partial charge in [-0.15, -0.1) is 11.3 Å². The maximum Gasteiger partial charge on any atom is 0.119 e. The van der Waals surface area contributed by atoms with Crippen molar-refractivity contribution >= 4 is 11.3 Å². The van der Waals surface area contributed by atoms with Crippen LogP contribution in [-0.4, -0.2) is 18.1 Å². The highest BCUT2D eigenvalue weighted by Gasteiger charge is 2.13. The number of ether oxygens (including phenoxy) is 1. The van der Waals surface area contributed by atoms with Gasteiger partial charge in [0.2, 0.25) is 0 Å². The summed E-state index contributed by atoms with van der Waals surface area (Å²) in [6, 6.07) is 8.69. The first-order valence-electron chi connectivity index (χ1n) is 7.17. The van der Waals surface area contributed by atoms with Gasteiger partial charge in [0.05, 0.1) is 12.1 Å². The molecule has 1 unspecified atom stereocenters. The zero-order valence-electron chi connectivity index (χ0n) is 12.1. The fourth-order valence-electron chi connectivity index (χ4n) is 2.16. The van der Waals surface area contributed by atoms with E-state index in [4.69, 9.17) is 4.74 Å². The maximum atomic E-state index is 5.60. The Hall–Kier alpha value is -1.39.